The van der Waals surface area contributed by atoms with Gasteiger partial charge in [-0.25, -0.2) is 8.42 Å². The van der Waals surface area contributed by atoms with Gasteiger partial charge in [0.15, 0.2) is 0 Å². The number of nitrogens with one attached hydrogen (secondary N) is 1. The van der Waals surface area contributed by atoms with E-state index in [1.54, 1.807) is 48.5 Å². The lowest BCUT2D eigenvalue weighted by molar-refractivity contribution is -0.140. The zero-order chi connectivity index (χ0) is 32.9. The Balaban J connectivity index is 1.79. The minimum Gasteiger partial charge on any atom is -0.352 e. The zero-order valence-corrected chi connectivity index (χ0v) is 27.2. The molecule has 0 radical (unpaired) electrons. The van der Waals surface area contributed by atoms with Crippen LogP contribution < -0.4 is 9.62 Å². The highest BCUT2D eigenvalue weighted by molar-refractivity contribution is 7.92. The quantitative estimate of drug-likeness (QED) is 0.230. The van der Waals surface area contributed by atoms with Gasteiger partial charge in [-0.05, 0) is 48.7 Å². The molecule has 0 heterocycles. The number of carbonyl (C=O) groups excluding carboxylic acids is 2. The average Bonchev–Trinajstić information content (AvgIpc) is 3.47. The summed E-state index contributed by atoms with van der Waals surface area (Å²) in [5.41, 5.74) is -0.647. The molecule has 1 aliphatic rings. The van der Waals surface area contributed by atoms with Crippen molar-refractivity contribution in [2.24, 2.45) is 0 Å². The molecule has 1 aliphatic carbocycles. The van der Waals surface area contributed by atoms with Crippen molar-refractivity contribution in [1.29, 1.82) is 0 Å². The molecule has 1 saturated carbocycles. The number of hydrogen-bond acceptors (Lipinski definition) is 4. The van der Waals surface area contributed by atoms with Gasteiger partial charge in [-0.2, -0.15) is 13.2 Å². The van der Waals surface area contributed by atoms with Crippen LogP contribution in [0.3, 0.4) is 0 Å². The number of nitrogens with zero attached hydrogens (tertiary/aromatic N) is 2. The summed E-state index contributed by atoms with van der Waals surface area (Å²) in [4.78, 5) is 29.3. The van der Waals surface area contributed by atoms with E-state index < -0.39 is 56.9 Å². The third kappa shape index (κ3) is 9.06. The van der Waals surface area contributed by atoms with Crippen molar-refractivity contribution in [1.82, 2.24) is 10.2 Å². The summed E-state index contributed by atoms with van der Waals surface area (Å²) in [6.45, 7) is -1.19. The molecule has 45 heavy (non-hydrogen) atoms. The van der Waals surface area contributed by atoms with E-state index in [0.29, 0.717) is 15.9 Å². The monoisotopic (exact) mass is 703 g/mol. The number of halogens is 6. The van der Waals surface area contributed by atoms with Crippen LogP contribution in [0.25, 0.3) is 0 Å². The highest BCUT2D eigenvalue weighted by Crippen LogP contribution is 2.37. The van der Waals surface area contributed by atoms with Gasteiger partial charge in [0.25, 0.3) is 0 Å². The van der Waals surface area contributed by atoms with Crippen LogP contribution in [-0.4, -0.2) is 50.0 Å². The Hall–Kier alpha value is -2.99. The van der Waals surface area contributed by atoms with Gasteiger partial charge in [0, 0.05) is 34.6 Å². The summed E-state index contributed by atoms with van der Waals surface area (Å²) in [5.74, 6) is -1.32. The van der Waals surface area contributed by atoms with Crippen molar-refractivity contribution in [3.63, 3.8) is 0 Å². The predicted molar refractivity (Wildman–Crippen MR) is 170 cm³/mol. The molecule has 0 aliphatic heterocycles. The molecular formula is C31H31Cl3F3N3O4S. The van der Waals surface area contributed by atoms with E-state index in [0.717, 1.165) is 49.6 Å². The Morgan fingerprint density at radius 1 is 0.933 bits per heavy atom. The van der Waals surface area contributed by atoms with E-state index in [4.69, 9.17) is 34.8 Å². The summed E-state index contributed by atoms with van der Waals surface area (Å²) in [7, 11) is -4.31. The molecule has 14 heteroatoms. The lowest BCUT2D eigenvalue weighted by Crippen LogP contribution is -2.54. The van der Waals surface area contributed by atoms with Crippen LogP contribution in [0.5, 0.6) is 0 Å². The van der Waals surface area contributed by atoms with Crippen LogP contribution in [0.1, 0.15) is 42.4 Å². The third-order valence-corrected chi connectivity index (χ3v) is 9.76. The second-order valence-corrected chi connectivity index (χ2v) is 14.0. The van der Waals surface area contributed by atoms with Gasteiger partial charge in [0.1, 0.15) is 12.6 Å². The molecule has 0 unspecified atom stereocenters. The first-order chi connectivity index (χ1) is 21.1. The van der Waals surface area contributed by atoms with Gasteiger partial charge < -0.3 is 10.2 Å². The average molecular weight is 705 g/mol. The van der Waals surface area contributed by atoms with Crippen LogP contribution in [0, 0.1) is 0 Å². The summed E-state index contributed by atoms with van der Waals surface area (Å²) < 4.78 is 67.5. The van der Waals surface area contributed by atoms with Crippen molar-refractivity contribution in [2.45, 2.75) is 56.9 Å². The molecule has 0 spiro atoms. The van der Waals surface area contributed by atoms with Crippen molar-refractivity contribution in [3.05, 3.63) is 98.5 Å². The van der Waals surface area contributed by atoms with Gasteiger partial charge >= 0.3 is 6.18 Å². The van der Waals surface area contributed by atoms with Crippen molar-refractivity contribution >= 4 is 62.3 Å². The minimum absolute atomic E-state index is 0.0608. The van der Waals surface area contributed by atoms with E-state index in [9.17, 15) is 31.2 Å². The second-order valence-electron chi connectivity index (χ2n) is 10.8. The number of carbonyl (C=O) groups is 2. The van der Waals surface area contributed by atoms with Crippen LogP contribution in [0.15, 0.2) is 66.7 Å². The van der Waals surface area contributed by atoms with Gasteiger partial charge in [0.2, 0.25) is 21.8 Å². The molecule has 242 valence electrons. The van der Waals surface area contributed by atoms with E-state index in [1.807, 2.05) is 0 Å². The molecule has 2 amide bonds. The highest BCUT2D eigenvalue weighted by Gasteiger charge is 2.37. The summed E-state index contributed by atoms with van der Waals surface area (Å²) in [6, 6.07) is 15.0. The highest BCUT2D eigenvalue weighted by atomic mass is 35.5. The van der Waals surface area contributed by atoms with Crippen LogP contribution in [-0.2, 0) is 38.8 Å². The smallest absolute Gasteiger partial charge is 0.352 e. The number of rotatable bonds is 11. The summed E-state index contributed by atoms with van der Waals surface area (Å²) in [5, 5.41) is 2.81. The largest absolute Gasteiger partial charge is 0.417 e. The van der Waals surface area contributed by atoms with E-state index in [2.05, 4.69) is 5.32 Å². The molecule has 1 N–H and O–H groups in total. The fraction of sp³-hybridized carbons (Fsp3) is 0.355. The second kappa shape index (κ2) is 14.6. The fourth-order valence-electron chi connectivity index (χ4n) is 5.27. The van der Waals surface area contributed by atoms with Gasteiger partial charge in [-0.3, -0.25) is 13.9 Å². The number of anilines is 1. The normalized spacial score (nSPS) is 14.6. The molecular weight excluding hydrogens is 674 g/mol. The number of amides is 2. The SMILES string of the molecule is CS(=O)(=O)N(CC(=O)N(Cc1c(Cl)cccc1Cl)[C@H](Cc1ccccc1)C(=O)NC1CCCC1)c1ccc(Cl)c(C(F)(F)F)c1. The molecule has 7 nitrogen and oxygen atoms in total. The molecule has 1 atom stereocenters. The Morgan fingerprint density at radius 3 is 2.13 bits per heavy atom. The van der Waals surface area contributed by atoms with Crippen LogP contribution >= 0.6 is 34.8 Å². The molecule has 3 aromatic carbocycles. The first-order valence-corrected chi connectivity index (χ1v) is 17.0. The van der Waals surface area contributed by atoms with Crippen LogP contribution in [0.4, 0.5) is 18.9 Å². The lowest BCUT2D eigenvalue weighted by Gasteiger charge is -2.34. The summed E-state index contributed by atoms with van der Waals surface area (Å²) >= 11 is 18.7. The number of alkyl halides is 3. The number of benzene rings is 3. The number of sulfonamides is 1. The Morgan fingerprint density at radius 2 is 1.56 bits per heavy atom. The number of hydrogen-bond donors (Lipinski definition) is 1. The van der Waals surface area contributed by atoms with Crippen molar-refractivity contribution in [3.8, 4) is 0 Å². The first kappa shape index (κ1) is 34.9. The maximum Gasteiger partial charge on any atom is 0.417 e. The Labute approximate surface area is 275 Å². The minimum atomic E-state index is -4.88. The molecule has 3 aromatic rings. The van der Waals surface area contributed by atoms with Crippen LogP contribution in [0.2, 0.25) is 15.1 Å². The molecule has 0 bridgehead atoms. The molecule has 0 saturated heterocycles. The Kier molecular flexibility index (Phi) is 11.3. The summed E-state index contributed by atoms with van der Waals surface area (Å²) in [6.07, 6.45) is -0.627. The van der Waals surface area contributed by atoms with Crippen molar-refractivity contribution in [2.75, 3.05) is 17.1 Å². The fourth-order valence-corrected chi connectivity index (χ4v) is 6.86. The third-order valence-electron chi connectivity index (χ3n) is 7.59. The van der Waals surface area contributed by atoms with Crippen molar-refractivity contribution < 1.29 is 31.2 Å². The molecule has 4 rings (SSSR count). The van der Waals surface area contributed by atoms with Gasteiger partial charge in [0.05, 0.1) is 22.5 Å². The first-order valence-electron chi connectivity index (χ1n) is 14.1. The zero-order valence-electron chi connectivity index (χ0n) is 24.2. The topological polar surface area (TPSA) is 86.8 Å². The molecule has 1 fully saturated rings. The molecule has 0 aromatic heterocycles. The predicted octanol–water partition coefficient (Wildman–Crippen LogP) is 7.13. The maximum atomic E-state index is 14.2. The lowest BCUT2D eigenvalue weighted by atomic mass is 10.0. The Bertz CT molecular complexity index is 1620. The standard InChI is InChI=1S/C31H31Cl3F3N3O4S/c1-45(43,44)40(22-14-15-27(34)24(17-22)31(35,36)37)19-29(41)39(18-23-25(32)12-7-13-26(23)33)28(16-20-8-3-2-4-9-20)30(42)38-21-10-5-6-11-21/h2-4,7-9,12-15,17,21,28H,5-6,10-11,16,18-19H2,1H3,(H,38,42)/t28-/m1/s1. The van der Waals surface area contributed by atoms with E-state index in [-0.39, 0.29) is 29.1 Å². The maximum absolute atomic E-state index is 14.2. The van der Waals surface area contributed by atoms with Gasteiger partial charge in [-0.1, -0.05) is 84.0 Å². The van der Waals surface area contributed by atoms with E-state index in [1.165, 1.54) is 4.90 Å². The van der Waals surface area contributed by atoms with E-state index >= 15 is 0 Å². The van der Waals surface area contributed by atoms with Gasteiger partial charge in [-0.15, -0.1) is 0 Å².